The van der Waals surface area contributed by atoms with Crippen molar-refractivity contribution in [1.29, 1.82) is 0 Å². The molecular weight excluding hydrogens is 542 g/mol. The summed E-state index contributed by atoms with van der Waals surface area (Å²) in [7, 11) is 0. The maximum absolute atomic E-state index is 2.43. The van der Waals surface area contributed by atoms with Gasteiger partial charge in [0.25, 0.3) is 0 Å². The van der Waals surface area contributed by atoms with Crippen molar-refractivity contribution < 1.29 is 0 Å². The molecule has 0 atom stereocenters. The average Bonchev–Trinajstić information content (AvgIpc) is 3.12. The van der Waals surface area contributed by atoms with Crippen LogP contribution in [0.3, 0.4) is 0 Å². The second-order valence-electron chi connectivity index (χ2n) is 11.3. The number of nitrogens with zero attached hydrogens (tertiary/aromatic N) is 1. The summed E-state index contributed by atoms with van der Waals surface area (Å²) in [6.07, 6.45) is 0. The van der Waals surface area contributed by atoms with E-state index in [4.69, 9.17) is 0 Å². The molecule has 212 valence electrons. The van der Waals surface area contributed by atoms with E-state index < -0.39 is 0 Å². The van der Waals surface area contributed by atoms with E-state index in [1.165, 1.54) is 54.9 Å². The molecule has 8 aromatic rings. The van der Waals surface area contributed by atoms with E-state index >= 15 is 0 Å². The molecule has 0 spiro atoms. The molecule has 0 aliphatic carbocycles. The van der Waals surface area contributed by atoms with Gasteiger partial charge in [-0.25, -0.2) is 0 Å². The molecule has 0 aromatic heterocycles. The first kappa shape index (κ1) is 26.7. The number of benzene rings is 8. The summed E-state index contributed by atoms with van der Waals surface area (Å²) >= 11 is 0. The molecule has 0 saturated carbocycles. The van der Waals surface area contributed by atoms with Gasteiger partial charge < -0.3 is 4.90 Å². The van der Waals surface area contributed by atoms with E-state index in [-0.39, 0.29) is 0 Å². The third kappa shape index (κ3) is 4.95. The van der Waals surface area contributed by atoms with E-state index in [0.717, 1.165) is 17.1 Å². The fraction of sp³-hybridized carbons (Fsp3) is 0. The molecule has 45 heavy (non-hydrogen) atoms. The Balaban J connectivity index is 1.38. The molecule has 8 rings (SSSR count). The Kier molecular flexibility index (Phi) is 6.90. The molecule has 0 bridgehead atoms. The lowest BCUT2D eigenvalue weighted by molar-refractivity contribution is 1.30. The summed E-state index contributed by atoms with van der Waals surface area (Å²) in [6.45, 7) is 0. The first-order chi connectivity index (χ1) is 22.3. The predicted octanol–water partition coefficient (Wildman–Crippen LogP) is 12.5. The van der Waals surface area contributed by atoms with Crippen LogP contribution in [-0.2, 0) is 0 Å². The van der Waals surface area contributed by atoms with Crippen molar-refractivity contribution in [3.8, 4) is 33.4 Å². The molecule has 0 fully saturated rings. The van der Waals surface area contributed by atoms with Crippen molar-refractivity contribution in [2.75, 3.05) is 4.90 Å². The largest absolute Gasteiger partial charge is 0.309 e. The predicted molar refractivity (Wildman–Crippen MR) is 192 cm³/mol. The highest BCUT2D eigenvalue weighted by molar-refractivity contribution is 6.03. The zero-order valence-electron chi connectivity index (χ0n) is 24.8. The Morgan fingerprint density at radius 1 is 0.289 bits per heavy atom. The standard InChI is InChI=1S/C44H31N/c1-2-16-33(17-3-1)37-21-8-9-23-39(37)40-24-10-11-25-41(40)42-26-12-13-27-44(42)45(36-30-29-32-15-4-5-19-35(32)31-36)43-28-14-20-34-18-6-7-22-38(34)43/h1-31H. The molecule has 1 heteroatoms. The molecule has 0 aliphatic rings. The second kappa shape index (κ2) is 11.6. The molecule has 0 aliphatic heterocycles. The maximum atomic E-state index is 2.43. The van der Waals surface area contributed by atoms with Crippen LogP contribution in [0.2, 0.25) is 0 Å². The lowest BCUT2D eigenvalue weighted by atomic mass is 9.88. The second-order valence-corrected chi connectivity index (χ2v) is 11.3. The average molecular weight is 574 g/mol. The van der Waals surface area contributed by atoms with Crippen molar-refractivity contribution in [3.63, 3.8) is 0 Å². The molecular formula is C44H31N. The highest BCUT2D eigenvalue weighted by Crippen LogP contribution is 2.46. The Hall–Kier alpha value is -5.92. The Morgan fingerprint density at radius 3 is 1.58 bits per heavy atom. The number of hydrogen-bond acceptors (Lipinski definition) is 1. The number of anilines is 3. The van der Waals surface area contributed by atoms with E-state index in [1.54, 1.807) is 0 Å². The zero-order valence-corrected chi connectivity index (χ0v) is 24.8. The molecule has 1 nitrogen and oxygen atoms in total. The smallest absolute Gasteiger partial charge is 0.0540 e. The van der Waals surface area contributed by atoms with E-state index in [1.807, 2.05) is 0 Å². The van der Waals surface area contributed by atoms with Gasteiger partial charge in [0.1, 0.15) is 0 Å². The Bertz CT molecular complexity index is 2280. The van der Waals surface area contributed by atoms with Gasteiger partial charge in [0, 0.05) is 16.6 Å². The Labute approximate surface area is 264 Å². The van der Waals surface area contributed by atoms with Gasteiger partial charge in [-0.1, -0.05) is 164 Å². The summed E-state index contributed by atoms with van der Waals surface area (Å²) in [4.78, 5) is 2.43. The van der Waals surface area contributed by atoms with Crippen LogP contribution < -0.4 is 4.90 Å². The molecule has 0 heterocycles. The number of rotatable bonds is 6. The number of para-hydroxylation sites is 1. The van der Waals surface area contributed by atoms with Crippen molar-refractivity contribution in [2.24, 2.45) is 0 Å². The Morgan fingerprint density at radius 2 is 0.800 bits per heavy atom. The molecule has 8 aromatic carbocycles. The lowest BCUT2D eigenvalue weighted by Gasteiger charge is -2.30. The van der Waals surface area contributed by atoms with Crippen LogP contribution in [0.25, 0.3) is 54.9 Å². The summed E-state index contributed by atoms with van der Waals surface area (Å²) < 4.78 is 0. The van der Waals surface area contributed by atoms with Gasteiger partial charge in [-0.3, -0.25) is 0 Å². The van der Waals surface area contributed by atoms with Crippen molar-refractivity contribution in [1.82, 2.24) is 0 Å². The first-order valence-corrected chi connectivity index (χ1v) is 15.5. The molecule has 0 N–H and O–H groups in total. The highest BCUT2D eigenvalue weighted by Gasteiger charge is 2.21. The van der Waals surface area contributed by atoms with Crippen LogP contribution in [0.1, 0.15) is 0 Å². The van der Waals surface area contributed by atoms with Crippen molar-refractivity contribution in [2.45, 2.75) is 0 Å². The van der Waals surface area contributed by atoms with Gasteiger partial charge in [-0.15, -0.1) is 0 Å². The SMILES string of the molecule is c1ccc(-c2ccccc2-c2ccccc2-c2ccccc2N(c2ccc3ccccc3c2)c2cccc3ccccc23)cc1. The highest BCUT2D eigenvalue weighted by atomic mass is 15.1. The van der Waals surface area contributed by atoms with Gasteiger partial charge in [-0.05, 0) is 68.2 Å². The first-order valence-electron chi connectivity index (χ1n) is 15.5. The van der Waals surface area contributed by atoms with E-state index in [0.29, 0.717) is 0 Å². The zero-order chi connectivity index (χ0) is 30.0. The monoisotopic (exact) mass is 573 g/mol. The summed E-state index contributed by atoms with van der Waals surface area (Å²) in [6, 6.07) is 67.7. The molecule has 0 saturated heterocycles. The topological polar surface area (TPSA) is 3.24 Å². The van der Waals surface area contributed by atoms with Gasteiger partial charge in [0.15, 0.2) is 0 Å². The van der Waals surface area contributed by atoms with Gasteiger partial charge in [0.05, 0.1) is 11.4 Å². The van der Waals surface area contributed by atoms with Crippen molar-refractivity contribution in [3.05, 3.63) is 188 Å². The number of hydrogen-bond donors (Lipinski definition) is 0. The van der Waals surface area contributed by atoms with Crippen LogP contribution in [0.5, 0.6) is 0 Å². The maximum Gasteiger partial charge on any atom is 0.0540 e. The minimum Gasteiger partial charge on any atom is -0.309 e. The van der Waals surface area contributed by atoms with Crippen LogP contribution in [0.4, 0.5) is 17.1 Å². The molecule has 0 radical (unpaired) electrons. The van der Waals surface area contributed by atoms with E-state index in [9.17, 15) is 0 Å². The summed E-state index contributed by atoms with van der Waals surface area (Å²) in [5.74, 6) is 0. The minimum atomic E-state index is 1.12. The number of fused-ring (bicyclic) bond motifs is 2. The summed E-state index contributed by atoms with van der Waals surface area (Å²) in [5.41, 5.74) is 10.6. The molecule has 0 amide bonds. The summed E-state index contributed by atoms with van der Waals surface area (Å²) in [5, 5.41) is 4.88. The van der Waals surface area contributed by atoms with E-state index in [2.05, 4.69) is 193 Å². The van der Waals surface area contributed by atoms with Gasteiger partial charge >= 0.3 is 0 Å². The van der Waals surface area contributed by atoms with Crippen LogP contribution in [0.15, 0.2) is 188 Å². The lowest BCUT2D eigenvalue weighted by Crippen LogP contribution is -2.12. The van der Waals surface area contributed by atoms with Gasteiger partial charge in [-0.2, -0.15) is 0 Å². The fourth-order valence-electron chi connectivity index (χ4n) is 6.56. The quantitative estimate of drug-likeness (QED) is 0.191. The fourth-order valence-corrected chi connectivity index (χ4v) is 6.56. The normalized spacial score (nSPS) is 11.1. The van der Waals surface area contributed by atoms with Crippen LogP contribution in [-0.4, -0.2) is 0 Å². The third-order valence-corrected chi connectivity index (χ3v) is 8.66. The molecule has 0 unspecified atom stereocenters. The van der Waals surface area contributed by atoms with Crippen LogP contribution in [0, 0.1) is 0 Å². The third-order valence-electron chi connectivity index (χ3n) is 8.66. The van der Waals surface area contributed by atoms with Crippen LogP contribution >= 0.6 is 0 Å². The van der Waals surface area contributed by atoms with Gasteiger partial charge in [0.2, 0.25) is 0 Å². The minimum absolute atomic E-state index is 1.12. The van der Waals surface area contributed by atoms with Crippen molar-refractivity contribution >= 4 is 38.6 Å².